The Morgan fingerprint density at radius 3 is 1.55 bits per heavy atom. The highest BCUT2D eigenvalue weighted by molar-refractivity contribution is 7.47. The molecule has 0 rings (SSSR count). The fraction of sp³-hybridized carbons (Fsp3) is 0.682. The average molecular weight is 795 g/mol. The number of rotatable bonds is 38. The SMILES string of the molecule is CCCCC/C=C\C/C=C\C/C=C\C/C=C\C/C=C\CCC(=O)OC[C@H](COP(=O)(O)OC[C@@H](O)CO)OC(=O)CCCCCCC/C=C\CCCCCC. The summed E-state index contributed by atoms with van der Waals surface area (Å²) < 4.78 is 32.6. The maximum Gasteiger partial charge on any atom is 0.472 e. The lowest BCUT2D eigenvalue weighted by molar-refractivity contribution is -0.161. The molecular weight excluding hydrogens is 719 g/mol. The third kappa shape index (κ3) is 39.4. The molecule has 10 nitrogen and oxygen atoms in total. The van der Waals surface area contributed by atoms with Gasteiger partial charge in [0.2, 0.25) is 0 Å². The third-order valence-corrected chi connectivity index (χ3v) is 9.30. The van der Waals surface area contributed by atoms with Crippen LogP contribution in [0.15, 0.2) is 72.9 Å². The van der Waals surface area contributed by atoms with E-state index in [1.807, 2.05) is 12.2 Å². The predicted molar refractivity (Wildman–Crippen MR) is 223 cm³/mol. The molecule has 11 heteroatoms. The second kappa shape index (κ2) is 39.6. The van der Waals surface area contributed by atoms with Crippen LogP contribution in [0.2, 0.25) is 0 Å². The van der Waals surface area contributed by atoms with Gasteiger partial charge in [-0.3, -0.25) is 18.6 Å². The summed E-state index contributed by atoms with van der Waals surface area (Å²) in [7, 11) is -4.64. The van der Waals surface area contributed by atoms with Crippen molar-refractivity contribution in [2.45, 2.75) is 167 Å². The second-order valence-corrected chi connectivity index (χ2v) is 15.1. The van der Waals surface area contributed by atoms with Crippen LogP contribution >= 0.6 is 7.82 Å². The van der Waals surface area contributed by atoms with E-state index in [-0.39, 0.29) is 19.4 Å². The highest BCUT2D eigenvalue weighted by Gasteiger charge is 2.27. The summed E-state index contributed by atoms with van der Waals surface area (Å²) >= 11 is 0. The Morgan fingerprint density at radius 1 is 0.545 bits per heavy atom. The van der Waals surface area contributed by atoms with Gasteiger partial charge in [0.05, 0.1) is 19.8 Å². The number of phosphoric ester groups is 1. The summed E-state index contributed by atoms with van der Waals surface area (Å²) in [6.07, 6.45) is 44.5. The fourth-order valence-electron chi connectivity index (χ4n) is 5.09. The van der Waals surface area contributed by atoms with Gasteiger partial charge in [-0.1, -0.05) is 138 Å². The molecule has 316 valence electrons. The quantitative estimate of drug-likeness (QED) is 0.0239. The van der Waals surface area contributed by atoms with Crippen LogP contribution in [0.4, 0.5) is 0 Å². The fourth-order valence-corrected chi connectivity index (χ4v) is 5.88. The zero-order valence-corrected chi connectivity index (χ0v) is 35.0. The number of phosphoric acid groups is 1. The Bertz CT molecular complexity index is 1140. The van der Waals surface area contributed by atoms with Crippen LogP contribution in [-0.4, -0.2) is 65.7 Å². The molecular formula is C44H75O10P. The lowest BCUT2D eigenvalue weighted by Crippen LogP contribution is -2.29. The largest absolute Gasteiger partial charge is 0.472 e. The number of esters is 2. The minimum Gasteiger partial charge on any atom is -0.462 e. The van der Waals surface area contributed by atoms with Crippen molar-refractivity contribution in [2.24, 2.45) is 0 Å². The number of allylic oxidation sites excluding steroid dienone is 12. The summed E-state index contributed by atoms with van der Waals surface area (Å²) in [6.45, 7) is 2.22. The van der Waals surface area contributed by atoms with E-state index in [1.165, 1.54) is 51.4 Å². The number of aliphatic hydroxyl groups is 2. The third-order valence-electron chi connectivity index (χ3n) is 8.35. The van der Waals surface area contributed by atoms with E-state index in [0.29, 0.717) is 12.8 Å². The molecule has 0 aliphatic heterocycles. The van der Waals surface area contributed by atoms with Gasteiger partial charge in [-0.05, 0) is 77.0 Å². The number of aliphatic hydroxyl groups excluding tert-OH is 2. The van der Waals surface area contributed by atoms with Crippen molar-refractivity contribution < 1.29 is 47.8 Å². The zero-order valence-electron chi connectivity index (χ0n) is 34.1. The van der Waals surface area contributed by atoms with Crippen LogP contribution in [0.1, 0.15) is 155 Å². The Balaban J connectivity index is 4.46. The number of carbonyl (C=O) groups is 2. The van der Waals surface area contributed by atoms with Gasteiger partial charge in [0, 0.05) is 12.8 Å². The van der Waals surface area contributed by atoms with Crippen LogP contribution in [0.5, 0.6) is 0 Å². The maximum atomic E-state index is 12.6. The number of hydrogen-bond donors (Lipinski definition) is 3. The first-order valence-corrected chi connectivity index (χ1v) is 22.4. The number of carbonyl (C=O) groups excluding carboxylic acids is 2. The van der Waals surface area contributed by atoms with Crippen molar-refractivity contribution in [3.63, 3.8) is 0 Å². The summed E-state index contributed by atoms with van der Waals surface area (Å²) in [6, 6.07) is 0. The average Bonchev–Trinajstić information content (AvgIpc) is 3.17. The van der Waals surface area contributed by atoms with Crippen LogP contribution in [-0.2, 0) is 32.7 Å². The molecule has 0 amide bonds. The number of unbranched alkanes of at least 4 members (excludes halogenated alkanes) is 12. The second-order valence-electron chi connectivity index (χ2n) is 13.7. The standard InChI is InChI=1S/C44H75O10P/c1-3-5-7-9-11-13-15-17-18-19-20-21-22-24-25-27-29-31-33-35-43(47)51-39-42(40-53-55(49,50)52-38-41(46)37-45)54-44(48)36-34-32-30-28-26-23-16-14-12-10-8-6-4-2/h11,13-14,16-18,20-21,24-25,29,31,41-42,45-46H,3-10,12,15,19,22-23,26-28,30,32-40H2,1-2H3,(H,49,50)/b13-11-,16-14-,18-17-,21-20-,25-24-,31-29-/t41-,42+/m0/s1. The van der Waals surface area contributed by atoms with Gasteiger partial charge in [-0.15, -0.1) is 0 Å². The summed E-state index contributed by atoms with van der Waals surface area (Å²) in [5.41, 5.74) is 0. The van der Waals surface area contributed by atoms with Gasteiger partial charge < -0.3 is 24.6 Å². The molecule has 0 saturated carbocycles. The predicted octanol–water partition coefficient (Wildman–Crippen LogP) is 10.9. The van der Waals surface area contributed by atoms with Gasteiger partial charge in [-0.2, -0.15) is 0 Å². The van der Waals surface area contributed by atoms with E-state index in [9.17, 15) is 24.2 Å². The molecule has 1 unspecified atom stereocenters. The van der Waals surface area contributed by atoms with Gasteiger partial charge in [0.15, 0.2) is 6.10 Å². The van der Waals surface area contributed by atoms with Crippen molar-refractivity contribution in [1.82, 2.24) is 0 Å². The first-order chi connectivity index (χ1) is 26.7. The molecule has 0 heterocycles. The van der Waals surface area contributed by atoms with Crippen molar-refractivity contribution in [3.05, 3.63) is 72.9 Å². The lowest BCUT2D eigenvalue weighted by atomic mass is 10.1. The first-order valence-electron chi connectivity index (χ1n) is 20.9. The van der Waals surface area contributed by atoms with Gasteiger partial charge in [-0.25, -0.2) is 4.57 Å². The molecule has 0 bridgehead atoms. The van der Waals surface area contributed by atoms with Crippen LogP contribution < -0.4 is 0 Å². The van der Waals surface area contributed by atoms with Crippen molar-refractivity contribution >= 4 is 19.8 Å². The van der Waals surface area contributed by atoms with Gasteiger partial charge in [0.1, 0.15) is 12.7 Å². The van der Waals surface area contributed by atoms with E-state index < -0.39 is 51.8 Å². The molecule has 0 aromatic rings. The molecule has 0 spiro atoms. The Labute approximate surface area is 333 Å². The van der Waals surface area contributed by atoms with Crippen molar-refractivity contribution in [2.75, 3.05) is 26.4 Å². The van der Waals surface area contributed by atoms with Crippen molar-refractivity contribution in [3.8, 4) is 0 Å². The zero-order chi connectivity index (χ0) is 40.5. The Hall–Kier alpha value is -2.59. The minimum atomic E-state index is -4.64. The van der Waals surface area contributed by atoms with Crippen LogP contribution in [0, 0.1) is 0 Å². The minimum absolute atomic E-state index is 0.113. The number of hydrogen-bond acceptors (Lipinski definition) is 9. The number of ether oxygens (including phenoxy) is 2. The molecule has 0 aromatic heterocycles. The van der Waals surface area contributed by atoms with Crippen LogP contribution in [0.3, 0.4) is 0 Å². The highest BCUT2D eigenvalue weighted by Crippen LogP contribution is 2.43. The van der Waals surface area contributed by atoms with E-state index in [1.54, 1.807) is 0 Å². The molecule has 0 aliphatic rings. The maximum absolute atomic E-state index is 12.6. The van der Waals surface area contributed by atoms with Gasteiger partial charge >= 0.3 is 19.8 Å². The molecule has 0 saturated heterocycles. The smallest absolute Gasteiger partial charge is 0.462 e. The molecule has 0 aromatic carbocycles. The lowest BCUT2D eigenvalue weighted by Gasteiger charge is -2.20. The normalized spacial score (nSPS) is 14.6. The summed E-state index contributed by atoms with van der Waals surface area (Å²) in [4.78, 5) is 34.9. The van der Waals surface area contributed by atoms with Crippen molar-refractivity contribution in [1.29, 1.82) is 0 Å². The molecule has 0 radical (unpaired) electrons. The topological polar surface area (TPSA) is 149 Å². The molecule has 3 N–H and O–H groups in total. The molecule has 0 aliphatic carbocycles. The summed E-state index contributed by atoms with van der Waals surface area (Å²) in [5, 5.41) is 18.3. The van der Waals surface area contributed by atoms with E-state index in [2.05, 4.69) is 79.1 Å². The summed E-state index contributed by atoms with van der Waals surface area (Å²) in [5.74, 6) is -1.04. The Morgan fingerprint density at radius 2 is 0.982 bits per heavy atom. The van der Waals surface area contributed by atoms with Gasteiger partial charge in [0.25, 0.3) is 0 Å². The highest BCUT2D eigenvalue weighted by atomic mass is 31.2. The molecule has 3 atom stereocenters. The van der Waals surface area contributed by atoms with E-state index in [4.69, 9.17) is 19.1 Å². The molecule has 0 fully saturated rings. The van der Waals surface area contributed by atoms with E-state index in [0.717, 1.165) is 64.2 Å². The van der Waals surface area contributed by atoms with E-state index >= 15 is 0 Å². The monoisotopic (exact) mass is 795 g/mol. The first kappa shape index (κ1) is 52.4. The van der Waals surface area contributed by atoms with Crippen LogP contribution in [0.25, 0.3) is 0 Å². The molecule has 55 heavy (non-hydrogen) atoms. The Kier molecular flexibility index (Phi) is 37.8.